The molecule has 1 heterocycles. The molecule has 1 aromatic heterocycles. The van der Waals surface area contributed by atoms with Gasteiger partial charge in [0.2, 0.25) is 0 Å². The standard InChI is InChI=1S/C20H23N5O2/c1-4-15(21-20(27)22-17-11-7-8-13(2)14(17)3)12-25-19(26)16-9-5-6-10-18(16)23-24-25/h5-11,15H,4,12H2,1-3H3,(H2,21,22,27)/t15-/m0/s1. The minimum atomic E-state index is -0.308. The Bertz CT molecular complexity index is 1030. The smallest absolute Gasteiger partial charge is 0.319 e. The average molecular weight is 365 g/mol. The van der Waals surface area contributed by atoms with Crippen LogP contribution in [0.4, 0.5) is 10.5 Å². The van der Waals surface area contributed by atoms with E-state index in [-0.39, 0.29) is 24.2 Å². The number of hydrogen-bond donors (Lipinski definition) is 2. The lowest BCUT2D eigenvalue weighted by Gasteiger charge is -2.18. The van der Waals surface area contributed by atoms with Gasteiger partial charge < -0.3 is 10.6 Å². The Hall–Kier alpha value is -3.22. The number of carbonyl (C=O) groups is 1. The summed E-state index contributed by atoms with van der Waals surface area (Å²) < 4.78 is 1.30. The molecule has 0 bridgehead atoms. The van der Waals surface area contributed by atoms with E-state index in [0.717, 1.165) is 16.8 Å². The van der Waals surface area contributed by atoms with Crippen molar-refractivity contribution in [2.24, 2.45) is 0 Å². The molecule has 2 N–H and O–H groups in total. The lowest BCUT2D eigenvalue weighted by atomic mass is 10.1. The molecule has 2 aromatic carbocycles. The molecule has 0 unspecified atom stereocenters. The summed E-state index contributed by atoms with van der Waals surface area (Å²) >= 11 is 0. The van der Waals surface area contributed by atoms with E-state index in [4.69, 9.17) is 0 Å². The van der Waals surface area contributed by atoms with E-state index in [0.29, 0.717) is 17.3 Å². The molecule has 3 aromatic rings. The van der Waals surface area contributed by atoms with Gasteiger partial charge in [0, 0.05) is 5.69 Å². The van der Waals surface area contributed by atoms with Crippen LogP contribution in [-0.2, 0) is 6.54 Å². The summed E-state index contributed by atoms with van der Waals surface area (Å²) in [4.78, 5) is 25.0. The van der Waals surface area contributed by atoms with Crippen molar-refractivity contribution < 1.29 is 4.79 Å². The molecule has 0 aliphatic rings. The monoisotopic (exact) mass is 365 g/mol. The van der Waals surface area contributed by atoms with Crippen LogP contribution in [0.3, 0.4) is 0 Å². The van der Waals surface area contributed by atoms with Gasteiger partial charge in [-0.05, 0) is 49.6 Å². The normalized spacial score (nSPS) is 12.0. The van der Waals surface area contributed by atoms with Crippen LogP contribution in [0.2, 0.25) is 0 Å². The van der Waals surface area contributed by atoms with Crippen molar-refractivity contribution in [1.82, 2.24) is 20.3 Å². The molecule has 0 saturated heterocycles. The molecule has 1 atom stereocenters. The molecule has 0 saturated carbocycles. The molecular formula is C20H23N5O2. The van der Waals surface area contributed by atoms with Crippen molar-refractivity contribution >= 4 is 22.6 Å². The second-order valence-corrected chi connectivity index (χ2v) is 6.54. The second-order valence-electron chi connectivity index (χ2n) is 6.54. The van der Waals surface area contributed by atoms with E-state index in [1.807, 2.05) is 45.0 Å². The molecule has 0 spiro atoms. The van der Waals surface area contributed by atoms with Gasteiger partial charge in [-0.2, -0.15) is 0 Å². The molecule has 0 aliphatic carbocycles. The molecule has 140 valence electrons. The van der Waals surface area contributed by atoms with Crippen molar-refractivity contribution in [1.29, 1.82) is 0 Å². The van der Waals surface area contributed by atoms with Crippen LogP contribution >= 0.6 is 0 Å². The number of amides is 2. The second kappa shape index (κ2) is 7.99. The molecule has 0 aliphatic heterocycles. The number of aromatic nitrogens is 3. The van der Waals surface area contributed by atoms with Crippen LogP contribution < -0.4 is 16.2 Å². The number of aryl methyl sites for hydroxylation is 1. The molecule has 0 fully saturated rings. The summed E-state index contributed by atoms with van der Waals surface area (Å²) in [6, 6.07) is 12.3. The lowest BCUT2D eigenvalue weighted by molar-refractivity contribution is 0.245. The number of hydrogen-bond acceptors (Lipinski definition) is 4. The first-order chi connectivity index (χ1) is 13.0. The van der Waals surface area contributed by atoms with Crippen molar-refractivity contribution in [3.8, 4) is 0 Å². The molecule has 7 nitrogen and oxygen atoms in total. The van der Waals surface area contributed by atoms with E-state index in [9.17, 15) is 9.59 Å². The fraction of sp³-hybridized carbons (Fsp3) is 0.300. The molecular weight excluding hydrogens is 342 g/mol. The van der Waals surface area contributed by atoms with Gasteiger partial charge in [-0.15, -0.1) is 5.10 Å². The van der Waals surface area contributed by atoms with E-state index in [2.05, 4.69) is 20.9 Å². The number of nitrogens with zero attached hydrogens (tertiary/aromatic N) is 3. The van der Waals surface area contributed by atoms with E-state index in [1.165, 1.54) is 4.68 Å². The van der Waals surface area contributed by atoms with Crippen molar-refractivity contribution in [3.05, 3.63) is 63.9 Å². The van der Waals surface area contributed by atoms with Gasteiger partial charge in [-0.25, -0.2) is 9.48 Å². The third kappa shape index (κ3) is 4.13. The fourth-order valence-corrected chi connectivity index (χ4v) is 2.86. The van der Waals surface area contributed by atoms with Gasteiger partial charge in [0.15, 0.2) is 0 Å². The number of carbonyl (C=O) groups excluding carboxylic acids is 1. The van der Waals surface area contributed by atoms with Gasteiger partial charge in [0.05, 0.1) is 18.0 Å². The number of urea groups is 1. The number of benzene rings is 2. The third-order valence-electron chi connectivity index (χ3n) is 4.70. The van der Waals surface area contributed by atoms with E-state index < -0.39 is 0 Å². The minimum Gasteiger partial charge on any atom is -0.333 e. The molecule has 3 rings (SSSR count). The number of anilines is 1. The Morgan fingerprint density at radius 1 is 1.15 bits per heavy atom. The predicted octanol–water partition coefficient (Wildman–Crippen LogP) is 3.01. The SMILES string of the molecule is CC[C@@H](Cn1nnc2ccccc2c1=O)NC(=O)Nc1cccc(C)c1C. The maximum atomic E-state index is 12.6. The molecule has 2 amide bonds. The zero-order valence-electron chi connectivity index (χ0n) is 15.7. The first-order valence-corrected chi connectivity index (χ1v) is 8.96. The first-order valence-electron chi connectivity index (χ1n) is 8.96. The zero-order valence-corrected chi connectivity index (χ0v) is 15.7. The third-order valence-corrected chi connectivity index (χ3v) is 4.70. The van der Waals surface area contributed by atoms with Crippen LogP contribution in [0.15, 0.2) is 47.3 Å². The van der Waals surface area contributed by atoms with Crippen molar-refractivity contribution in [2.75, 3.05) is 5.32 Å². The van der Waals surface area contributed by atoms with Gasteiger partial charge >= 0.3 is 6.03 Å². The van der Waals surface area contributed by atoms with E-state index >= 15 is 0 Å². The fourth-order valence-electron chi connectivity index (χ4n) is 2.86. The van der Waals surface area contributed by atoms with Crippen LogP contribution in [-0.4, -0.2) is 27.1 Å². The molecule has 27 heavy (non-hydrogen) atoms. The predicted molar refractivity (Wildman–Crippen MR) is 106 cm³/mol. The number of rotatable bonds is 5. The summed E-state index contributed by atoms with van der Waals surface area (Å²) in [5, 5.41) is 14.4. The first kappa shape index (κ1) is 18.6. The zero-order chi connectivity index (χ0) is 19.4. The average Bonchev–Trinajstić information content (AvgIpc) is 2.67. The van der Waals surface area contributed by atoms with Crippen LogP contribution in [0, 0.1) is 13.8 Å². The summed E-state index contributed by atoms with van der Waals surface area (Å²) in [7, 11) is 0. The maximum absolute atomic E-state index is 12.6. The highest BCUT2D eigenvalue weighted by Crippen LogP contribution is 2.17. The molecule has 7 heteroatoms. The molecule has 0 radical (unpaired) electrons. The van der Waals surface area contributed by atoms with Gasteiger partial charge in [-0.1, -0.05) is 36.4 Å². The number of fused-ring (bicyclic) bond motifs is 1. The summed E-state index contributed by atoms with van der Waals surface area (Å²) in [5.41, 5.74) is 3.25. The quantitative estimate of drug-likeness (QED) is 0.727. The van der Waals surface area contributed by atoms with Gasteiger partial charge in [0.1, 0.15) is 5.52 Å². The Kier molecular flexibility index (Phi) is 5.49. The van der Waals surface area contributed by atoms with Gasteiger partial charge in [0.25, 0.3) is 5.56 Å². The maximum Gasteiger partial charge on any atom is 0.319 e. The van der Waals surface area contributed by atoms with Crippen LogP contribution in [0.1, 0.15) is 24.5 Å². The van der Waals surface area contributed by atoms with Crippen LogP contribution in [0.25, 0.3) is 10.9 Å². The lowest BCUT2D eigenvalue weighted by Crippen LogP contribution is -2.42. The van der Waals surface area contributed by atoms with E-state index in [1.54, 1.807) is 18.2 Å². The summed E-state index contributed by atoms with van der Waals surface area (Å²) in [5.74, 6) is 0. The highest BCUT2D eigenvalue weighted by molar-refractivity contribution is 5.90. The van der Waals surface area contributed by atoms with Crippen molar-refractivity contribution in [3.63, 3.8) is 0 Å². The Morgan fingerprint density at radius 2 is 1.93 bits per heavy atom. The van der Waals surface area contributed by atoms with Gasteiger partial charge in [-0.3, -0.25) is 4.79 Å². The Morgan fingerprint density at radius 3 is 2.70 bits per heavy atom. The number of nitrogens with one attached hydrogen (secondary N) is 2. The van der Waals surface area contributed by atoms with Crippen molar-refractivity contribution in [2.45, 2.75) is 39.8 Å². The highest BCUT2D eigenvalue weighted by atomic mass is 16.2. The summed E-state index contributed by atoms with van der Waals surface area (Å²) in [6.45, 7) is 6.17. The summed E-state index contributed by atoms with van der Waals surface area (Å²) in [6.07, 6.45) is 0.654. The minimum absolute atomic E-state index is 0.212. The largest absolute Gasteiger partial charge is 0.333 e. The topological polar surface area (TPSA) is 88.9 Å². The highest BCUT2D eigenvalue weighted by Gasteiger charge is 2.15. The Balaban J connectivity index is 1.72. The Labute approximate surface area is 157 Å². The van der Waals surface area contributed by atoms with Crippen LogP contribution in [0.5, 0.6) is 0 Å².